The van der Waals surface area contributed by atoms with Gasteiger partial charge in [-0.1, -0.05) is 68.1 Å². The molecule has 0 aromatic heterocycles. The Morgan fingerprint density at radius 1 is 0.973 bits per heavy atom. The van der Waals surface area contributed by atoms with E-state index < -0.39 is 31.8 Å². The van der Waals surface area contributed by atoms with Gasteiger partial charge in [0.2, 0.25) is 0 Å². The SMILES string of the molecule is CCCOC(=O)[C@H]1[C@H](C(=O)OCC[Si](C)(C)C)C2CC(=NOCc3ccccc3)[C@H]1c1cc(O)ccc12. The summed E-state index contributed by atoms with van der Waals surface area (Å²) < 4.78 is 11.4. The maximum Gasteiger partial charge on any atom is 0.310 e. The minimum absolute atomic E-state index is 0.103. The summed E-state index contributed by atoms with van der Waals surface area (Å²) in [7, 11) is -1.40. The highest BCUT2D eigenvalue weighted by Gasteiger charge is 2.57. The van der Waals surface area contributed by atoms with Crippen LogP contribution in [0.3, 0.4) is 0 Å². The molecule has 0 saturated heterocycles. The highest BCUT2D eigenvalue weighted by molar-refractivity contribution is 6.76. The molecule has 0 spiro atoms. The number of oxime groups is 1. The van der Waals surface area contributed by atoms with Crippen LogP contribution < -0.4 is 0 Å². The minimum atomic E-state index is -1.40. The van der Waals surface area contributed by atoms with Crippen molar-refractivity contribution in [1.29, 1.82) is 0 Å². The van der Waals surface area contributed by atoms with Gasteiger partial charge in [0.15, 0.2) is 0 Å². The van der Waals surface area contributed by atoms with Crippen LogP contribution in [-0.2, 0) is 30.5 Å². The van der Waals surface area contributed by atoms with E-state index in [0.717, 1.165) is 22.7 Å². The second-order valence-corrected chi connectivity index (χ2v) is 16.8. The second-order valence-electron chi connectivity index (χ2n) is 11.1. The number of benzene rings is 2. The van der Waals surface area contributed by atoms with E-state index in [4.69, 9.17) is 14.3 Å². The van der Waals surface area contributed by atoms with Crippen LogP contribution in [0, 0.1) is 11.8 Å². The Hall–Kier alpha value is -3.13. The lowest BCUT2D eigenvalue weighted by molar-refractivity contribution is -0.163. The highest BCUT2D eigenvalue weighted by atomic mass is 28.3. The van der Waals surface area contributed by atoms with E-state index in [1.54, 1.807) is 12.1 Å². The first-order valence-corrected chi connectivity index (χ1v) is 16.8. The smallest absolute Gasteiger partial charge is 0.310 e. The van der Waals surface area contributed by atoms with Crippen molar-refractivity contribution in [3.05, 3.63) is 65.2 Å². The Balaban J connectivity index is 1.67. The fourth-order valence-corrected chi connectivity index (χ4v) is 6.01. The van der Waals surface area contributed by atoms with Gasteiger partial charge in [-0.3, -0.25) is 9.59 Å². The molecular weight excluding hydrogens is 486 g/mol. The van der Waals surface area contributed by atoms with Crippen LogP contribution in [0.1, 0.15) is 48.3 Å². The number of carbonyl (C=O) groups excluding carboxylic acids is 2. The number of esters is 2. The molecule has 8 heteroatoms. The van der Waals surface area contributed by atoms with E-state index >= 15 is 0 Å². The van der Waals surface area contributed by atoms with Gasteiger partial charge in [-0.15, -0.1) is 0 Å². The zero-order chi connectivity index (χ0) is 26.6. The number of aromatic hydroxyl groups is 1. The molecule has 2 bridgehead atoms. The Labute approximate surface area is 219 Å². The first kappa shape index (κ1) is 26.9. The average Bonchev–Trinajstić information content (AvgIpc) is 2.86. The number of phenols is 1. The number of hydrogen-bond acceptors (Lipinski definition) is 7. The number of hydrogen-bond donors (Lipinski definition) is 1. The Morgan fingerprint density at radius 2 is 1.68 bits per heavy atom. The van der Waals surface area contributed by atoms with E-state index in [1.807, 2.05) is 43.3 Å². The third-order valence-corrected chi connectivity index (χ3v) is 8.82. The molecule has 37 heavy (non-hydrogen) atoms. The van der Waals surface area contributed by atoms with Gasteiger partial charge in [-0.05, 0) is 47.7 Å². The minimum Gasteiger partial charge on any atom is -0.508 e. The normalized spacial score (nSPS) is 23.4. The van der Waals surface area contributed by atoms with Crippen LogP contribution >= 0.6 is 0 Å². The predicted octanol–water partition coefficient (Wildman–Crippen LogP) is 5.62. The van der Waals surface area contributed by atoms with Gasteiger partial charge in [-0.2, -0.15) is 0 Å². The van der Waals surface area contributed by atoms with Gasteiger partial charge in [0.25, 0.3) is 0 Å². The fraction of sp³-hybridized carbons (Fsp3) is 0.483. The van der Waals surface area contributed by atoms with Gasteiger partial charge in [0, 0.05) is 19.9 Å². The molecule has 1 unspecified atom stereocenters. The van der Waals surface area contributed by atoms with Crippen molar-refractivity contribution in [3.63, 3.8) is 0 Å². The first-order valence-electron chi connectivity index (χ1n) is 13.1. The van der Waals surface area contributed by atoms with Crippen LogP contribution in [-0.4, -0.2) is 44.0 Å². The molecule has 4 atom stereocenters. The van der Waals surface area contributed by atoms with E-state index in [0.29, 0.717) is 31.8 Å². The van der Waals surface area contributed by atoms with Gasteiger partial charge in [-0.25, -0.2) is 0 Å². The zero-order valence-corrected chi connectivity index (χ0v) is 23.1. The van der Waals surface area contributed by atoms with Gasteiger partial charge in [0.1, 0.15) is 12.4 Å². The molecule has 7 nitrogen and oxygen atoms in total. The Morgan fingerprint density at radius 3 is 2.38 bits per heavy atom. The summed E-state index contributed by atoms with van der Waals surface area (Å²) in [4.78, 5) is 32.7. The van der Waals surface area contributed by atoms with Crippen LogP contribution in [0.5, 0.6) is 5.75 Å². The quantitative estimate of drug-likeness (QED) is 0.247. The Bertz CT molecular complexity index is 1140. The lowest BCUT2D eigenvalue weighted by atomic mass is 9.55. The third kappa shape index (κ3) is 6.24. The number of rotatable bonds is 10. The van der Waals surface area contributed by atoms with Crippen molar-refractivity contribution in [3.8, 4) is 5.75 Å². The summed E-state index contributed by atoms with van der Waals surface area (Å²) in [5.74, 6) is -3.03. The Kier molecular flexibility index (Phi) is 8.37. The molecule has 198 valence electrons. The van der Waals surface area contributed by atoms with Crippen molar-refractivity contribution in [2.75, 3.05) is 13.2 Å². The maximum absolute atomic E-state index is 13.5. The summed E-state index contributed by atoms with van der Waals surface area (Å²) in [6.07, 6.45) is 1.15. The van der Waals surface area contributed by atoms with Crippen LogP contribution in [0.15, 0.2) is 53.7 Å². The summed E-state index contributed by atoms with van der Waals surface area (Å²) in [6, 6.07) is 15.7. The zero-order valence-electron chi connectivity index (χ0n) is 22.1. The molecule has 5 rings (SSSR count). The molecule has 2 aromatic carbocycles. The van der Waals surface area contributed by atoms with E-state index in [9.17, 15) is 14.7 Å². The highest BCUT2D eigenvalue weighted by Crippen LogP contribution is 2.56. The van der Waals surface area contributed by atoms with Gasteiger partial charge < -0.3 is 19.4 Å². The summed E-state index contributed by atoms with van der Waals surface area (Å²) in [5.41, 5.74) is 3.40. The average molecular weight is 524 g/mol. The van der Waals surface area contributed by atoms with Crippen LogP contribution in [0.4, 0.5) is 0 Å². The molecule has 3 aliphatic rings. The lowest BCUT2D eigenvalue weighted by Gasteiger charge is -2.47. The standard InChI is InChI=1S/C29H37NO6Si/c1-5-13-34-29(33)27-25-22-16-20(31)11-12-21(22)23(26(27)28(32)35-14-15-37(2,3)4)17-24(25)30-36-18-19-9-7-6-8-10-19/h6-12,16,23,25-27,31H,5,13-15,17-18H2,1-4H3/t23?,25-,26-,27-/m1/s1. The molecule has 1 saturated carbocycles. The van der Waals surface area contributed by atoms with E-state index in [-0.39, 0.29) is 24.2 Å². The number of phenolic OH excluding ortho intramolecular Hbond substituents is 1. The molecule has 0 amide bonds. The summed E-state index contributed by atoms with van der Waals surface area (Å²) in [6.45, 7) is 9.54. The molecule has 1 N–H and O–H groups in total. The number of carbonyl (C=O) groups is 2. The van der Waals surface area contributed by atoms with Crippen molar-refractivity contribution in [2.45, 2.75) is 63.9 Å². The summed E-state index contributed by atoms with van der Waals surface area (Å²) in [5, 5.41) is 14.8. The van der Waals surface area contributed by atoms with E-state index in [1.165, 1.54) is 0 Å². The monoisotopic (exact) mass is 523 g/mol. The fourth-order valence-electron chi connectivity index (χ4n) is 5.29. The van der Waals surface area contributed by atoms with Crippen molar-refractivity contribution in [1.82, 2.24) is 0 Å². The van der Waals surface area contributed by atoms with Crippen LogP contribution in [0.25, 0.3) is 0 Å². The topological polar surface area (TPSA) is 94.4 Å². The number of ether oxygens (including phenoxy) is 2. The van der Waals surface area contributed by atoms with Crippen molar-refractivity contribution >= 4 is 25.7 Å². The molecule has 3 aliphatic carbocycles. The van der Waals surface area contributed by atoms with Crippen molar-refractivity contribution in [2.24, 2.45) is 17.0 Å². The molecular formula is C29H37NO6Si. The maximum atomic E-state index is 13.5. The summed E-state index contributed by atoms with van der Waals surface area (Å²) >= 11 is 0. The molecule has 1 fully saturated rings. The third-order valence-electron chi connectivity index (χ3n) is 7.12. The number of fused-ring (bicyclic) bond motifs is 2. The molecule has 0 aliphatic heterocycles. The lowest BCUT2D eigenvalue weighted by Crippen LogP contribution is -2.51. The second kappa shape index (κ2) is 11.5. The molecule has 2 aromatic rings. The van der Waals surface area contributed by atoms with E-state index in [2.05, 4.69) is 24.8 Å². The molecule has 0 radical (unpaired) electrons. The van der Waals surface area contributed by atoms with Gasteiger partial charge in [0.05, 0.1) is 30.8 Å². The largest absolute Gasteiger partial charge is 0.508 e. The van der Waals surface area contributed by atoms with Crippen LogP contribution in [0.2, 0.25) is 25.7 Å². The predicted molar refractivity (Wildman–Crippen MR) is 144 cm³/mol. The van der Waals surface area contributed by atoms with Gasteiger partial charge >= 0.3 is 11.9 Å². The van der Waals surface area contributed by atoms with Crippen molar-refractivity contribution < 1.29 is 29.0 Å². The molecule has 0 heterocycles. The first-order chi connectivity index (χ1) is 17.7. The number of nitrogens with zero attached hydrogens (tertiary/aromatic N) is 1.